The number of rotatable bonds is 1. The average Bonchev–Trinajstić information content (AvgIpc) is 2.60. The van der Waals surface area contributed by atoms with E-state index in [1.165, 1.54) is 0 Å². The molecule has 2 aromatic carbocycles. The van der Waals surface area contributed by atoms with Crippen molar-refractivity contribution in [3.8, 4) is 0 Å². The van der Waals surface area contributed by atoms with Gasteiger partial charge < -0.3 is 0 Å². The Morgan fingerprint density at radius 2 is 1.81 bits per heavy atom. The quantitative estimate of drug-likeness (QED) is 0.731. The van der Waals surface area contributed by atoms with Crippen molar-refractivity contribution in [2.24, 2.45) is 0 Å². The lowest BCUT2D eigenvalue weighted by atomic mass is 10.1. The van der Waals surface area contributed by atoms with Crippen LogP contribution in [0.15, 0.2) is 36.4 Å². The van der Waals surface area contributed by atoms with Crippen molar-refractivity contribution in [3.63, 3.8) is 0 Å². The Balaban J connectivity index is 2.38. The predicted molar refractivity (Wildman–Crippen MR) is 65.2 cm³/mol. The summed E-state index contributed by atoms with van der Waals surface area (Å²) in [7, 11) is 1.94. The van der Waals surface area contributed by atoms with Crippen LogP contribution >= 0.6 is 10.7 Å². The summed E-state index contributed by atoms with van der Waals surface area (Å²) < 4.78 is 23.0. The maximum absolute atomic E-state index is 11.5. The molecule has 0 aliphatic heterocycles. The summed E-state index contributed by atoms with van der Waals surface area (Å²) in [6.45, 7) is 0. The van der Waals surface area contributed by atoms with Gasteiger partial charge in [-0.25, -0.2) is 8.42 Å². The van der Waals surface area contributed by atoms with Crippen LogP contribution in [0.4, 0.5) is 0 Å². The highest BCUT2D eigenvalue weighted by molar-refractivity contribution is 8.13. The Hall–Kier alpha value is -1.06. The molecule has 0 saturated carbocycles. The van der Waals surface area contributed by atoms with Crippen molar-refractivity contribution >= 4 is 30.5 Å². The second kappa shape index (κ2) is 3.22. The molecule has 0 amide bonds. The van der Waals surface area contributed by atoms with E-state index in [1.807, 2.05) is 36.4 Å². The zero-order valence-electron chi connectivity index (χ0n) is 8.35. The van der Waals surface area contributed by atoms with Crippen LogP contribution in [0.3, 0.4) is 0 Å². The molecule has 0 radical (unpaired) electrons. The van der Waals surface area contributed by atoms with Gasteiger partial charge in [0.15, 0.2) is 0 Å². The van der Waals surface area contributed by atoms with E-state index in [0.29, 0.717) is 6.42 Å². The van der Waals surface area contributed by atoms with Gasteiger partial charge in [0, 0.05) is 10.7 Å². The van der Waals surface area contributed by atoms with E-state index < -0.39 is 14.3 Å². The van der Waals surface area contributed by atoms with Gasteiger partial charge in [-0.15, -0.1) is 0 Å². The predicted octanol–water partition coefficient (Wildman–Crippen LogP) is 3.01. The van der Waals surface area contributed by atoms with Crippen LogP contribution < -0.4 is 0 Å². The first-order valence-electron chi connectivity index (χ1n) is 5.01. The zero-order valence-corrected chi connectivity index (χ0v) is 9.92. The standard InChI is InChI=1S/C12H9ClO2S/c13-16(14,15)11-7-9-5-1-3-8-4-2-6-10(11)12(8)9/h1-6,11H,7H2. The van der Waals surface area contributed by atoms with Crippen LogP contribution in [0, 0.1) is 0 Å². The van der Waals surface area contributed by atoms with Gasteiger partial charge in [-0.2, -0.15) is 0 Å². The highest BCUT2D eigenvalue weighted by Gasteiger charge is 2.32. The largest absolute Gasteiger partial charge is 0.239 e. The molecule has 1 aliphatic carbocycles. The molecule has 1 aliphatic rings. The van der Waals surface area contributed by atoms with Crippen LogP contribution in [-0.4, -0.2) is 8.42 Å². The molecule has 82 valence electrons. The minimum Gasteiger partial charge on any atom is -0.212 e. The van der Waals surface area contributed by atoms with Crippen molar-refractivity contribution in [3.05, 3.63) is 47.5 Å². The monoisotopic (exact) mass is 252 g/mol. The molecule has 0 aromatic heterocycles. The first-order valence-corrected chi connectivity index (χ1v) is 7.38. The van der Waals surface area contributed by atoms with Crippen molar-refractivity contribution in [1.82, 2.24) is 0 Å². The van der Waals surface area contributed by atoms with Crippen molar-refractivity contribution in [2.75, 3.05) is 0 Å². The molecule has 16 heavy (non-hydrogen) atoms. The fraction of sp³-hybridized carbons (Fsp3) is 0.167. The summed E-state index contributed by atoms with van der Waals surface area (Å²) in [6.07, 6.45) is 0.489. The van der Waals surface area contributed by atoms with Crippen LogP contribution in [0.2, 0.25) is 0 Å². The van der Waals surface area contributed by atoms with Gasteiger partial charge in [0.2, 0.25) is 9.05 Å². The molecule has 4 heteroatoms. The smallest absolute Gasteiger partial charge is 0.212 e. The van der Waals surface area contributed by atoms with Gasteiger partial charge >= 0.3 is 0 Å². The zero-order chi connectivity index (χ0) is 11.3. The minimum absolute atomic E-state index is 0.489. The average molecular weight is 253 g/mol. The van der Waals surface area contributed by atoms with E-state index in [9.17, 15) is 8.42 Å². The van der Waals surface area contributed by atoms with Crippen molar-refractivity contribution in [2.45, 2.75) is 11.7 Å². The summed E-state index contributed by atoms with van der Waals surface area (Å²) in [5.41, 5.74) is 1.91. The molecule has 0 saturated heterocycles. The lowest BCUT2D eigenvalue weighted by Gasteiger charge is -2.06. The van der Waals surface area contributed by atoms with E-state index in [1.54, 1.807) is 0 Å². The summed E-state index contributed by atoms with van der Waals surface area (Å²) >= 11 is 0. The second-order valence-electron chi connectivity index (χ2n) is 4.03. The maximum atomic E-state index is 11.5. The van der Waals surface area contributed by atoms with Gasteiger partial charge in [-0.05, 0) is 28.3 Å². The third-order valence-corrected chi connectivity index (χ3v) is 4.86. The molecular weight excluding hydrogens is 244 g/mol. The van der Waals surface area contributed by atoms with Crippen LogP contribution in [0.25, 0.3) is 10.8 Å². The van der Waals surface area contributed by atoms with Crippen LogP contribution in [0.5, 0.6) is 0 Å². The molecule has 0 heterocycles. The molecule has 2 nitrogen and oxygen atoms in total. The van der Waals surface area contributed by atoms with Crippen molar-refractivity contribution in [1.29, 1.82) is 0 Å². The number of hydrogen-bond acceptors (Lipinski definition) is 2. The first kappa shape index (κ1) is 10.1. The molecule has 1 atom stereocenters. The number of halogens is 1. The van der Waals surface area contributed by atoms with E-state index in [0.717, 1.165) is 21.9 Å². The van der Waals surface area contributed by atoms with E-state index in [4.69, 9.17) is 10.7 Å². The SMILES string of the molecule is O=S(=O)(Cl)C1Cc2cccc3cccc1c23. The third-order valence-electron chi connectivity index (χ3n) is 3.12. The van der Waals surface area contributed by atoms with Gasteiger partial charge in [0.1, 0.15) is 5.25 Å². The lowest BCUT2D eigenvalue weighted by Crippen LogP contribution is -2.05. The summed E-state index contributed by atoms with van der Waals surface area (Å²) in [5.74, 6) is 0. The molecule has 1 unspecified atom stereocenters. The molecule has 3 rings (SSSR count). The highest BCUT2D eigenvalue weighted by atomic mass is 35.7. The minimum atomic E-state index is -3.54. The fourth-order valence-corrected chi connectivity index (χ4v) is 3.80. The molecule has 0 spiro atoms. The Morgan fingerprint density at radius 3 is 2.50 bits per heavy atom. The summed E-state index contributed by atoms with van der Waals surface area (Å²) in [4.78, 5) is 0. The van der Waals surface area contributed by atoms with Gasteiger partial charge in [-0.1, -0.05) is 36.4 Å². The summed E-state index contributed by atoms with van der Waals surface area (Å²) in [6, 6.07) is 11.6. The molecule has 0 bridgehead atoms. The van der Waals surface area contributed by atoms with Crippen LogP contribution in [0.1, 0.15) is 16.4 Å². The van der Waals surface area contributed by atoms with Gasteiger partial charge in [-0.3, -0.25) is 0 Å². The Bertz CT molecular complexity index is 671. The molecular formula is C12H9ClO2S. The number of hydrogen-bond donors (Lipinski definition) is 0. The van der Waals surface area contributed by atoms with E-state index >= 15 is 0 Å². The topological polar surface area (TPSA) is 34.1 Å². The molecule has 2 aromatic rings. The van der Waals surface area contributed by atoms with Crippen molar-refractivity contribution < 1.29 is 8.42 Å². The third kappa shape index (κ3) is 1.35. The molecule has 0 N–H and O–H groups in total. The maximum Gasteiger partial charge on any atom is 0.239 e. The highest BCUT2D eigenvalue weighted by Crippen LogP contribution is 2.42. The Kier molecular flexibility index (Phi) is 2.03. The van der Waals surface area contributed by atoms with Gasteiger partial charge in [0.05, 0.1) is 0 Å². The van der Waals surface area contributed by atoms with E-state index in [2.05, 4.69) is 0 Å². The number of benzene rings is 2. The lowest BCUT2D eigenvalue weighted by molar-refractivity contribution is 0.597. The second-order valence-corrected chi connectivity index (χ2v) is 6.84. The van der Waals surface area contributed by atoms with Crippen LogP contribution in [-0.2, 0) is 15.5 Å². The molecule has 0 fully saturated rings. The Morgan fingerprint density at radius 1 is 1.12 bits per heavy atom. The fourth-order valence-electron chi connectivity index (χ4n) is 2.45. The first-order chi connectivity index (χ1) is 7.57. The van der Waals surface area contributed by atoms with E-state index in [-0.39, 0.29) is 0 Å². The normalized spacial score (nSPS) is 19.2. The van der Waals surface area contributed by atoms with Gasteiger partial charge in [0.25, 0.3) is 0 Å². The Labute approximate surface area is 98.3 Å². The summed E-state index contributed by atoms with van der Waals surface area (Å²) in [5, 5.41) is 1.55.